The Labute approximate surface area is 283 Å². The lowest BCUT2D eigenvalue weighted by molar-refractivity contribution is -0.116. The van der Waals surface area contributed by atoms with Crippen molar-refractivity contribution >= 4 is 30.3 Å². The number of amides is 1. The predicted molar refractivity (Wildman–Crippen MR) is 192 cm³/mol. The third-order valence-corrected chi connectivity index (χ3v) is 13.3. The van der Waals surface area contributed by atoms with Crippen LogP contribution in [0.3, 0.4) is 0 Å². The smallest absolute Gasteiger partial charge is 0.261 e. The molecule has 0 spiro atoms. The minimum Gasteiger partial charge on any atom is -0.497 e. The summed E-state index contributed by atoms with van der Waals surface area (Å²) in [4.78, 5) is 14.6. The molecule has 0 aliphatic rings. The van der Waals surface area contributed by atoms with E-state index in [9.17, 15) is 9.18 Å². The van der Waals surface area contributed by atoms with E-state index in [4.69, 9.17) is 18.6 Å². The predicted octanol–water partition coefficient (Wildman–Crippen LogP) is 8.14. The lowest BCUT2D eigenvalue weighted by Gasteiger charge is -2.43. The van der Waals surface area contributed by atoms with E-state index in [-0.39, 0.29) is 24.1 Å². The molecule has 0 unspecified atom stereocenters. The highest BCUT2D eigenvalue weighted by molar-refractivity contribution is 6.99. The van der Waals surface area contributed by atoms with E-state index < -0.39 is 14.1 Å². The highest BCUT2D eigenvalue weighted by Crippen LogP contribution is 2.38. The standard InChI is InChI=1S/C40H42FNO5Si/c1-30(43)42(37-28-32(41)21-23-39(37)47-33-15-9-6-10-16-33)29-31-27-34(44-5)22-24-38(31)45-25-26-46-48(40(2,3)4,35-17-11-7-12-18-35)36-19-13-8-14-20-36/h6-24,27-28H,25-26,29H2,1-5H3. The van der Waals surface area contributed by atoms with Gasteiger partial charge in [0.1, 0.15) is 29.7 Å². The van der Waals surface area contributed by atoms with Crippen molar-refractivity contribution in [2.24, 2.45) is 0 Å². The molecule has 0 fully saturated rings. The topological polar surface area (TPSA) is 57.2 Å². The van der Waals surface area contributed by atoms with Crippen LogP contribution in [0.5, 0.6) is 23.0 Å². The number of ether oxygens (including phenoxy) is 3. The number of anilines is 1. The van der Waals surface area contributed by atoms with Crippen LogP contribution in [0.2, 0.25) is 5.04 Å². The third kappa shape index (κ3) is 7.78. The van der Waals surface area contributed by atoms with Crippen LogP contribution in [-0.4, -0.2) is 34.5 Å². The Morgan fingerprint density at radius 1 is 0.729 bits per heavy atom. The number of nitrogens with zero attached hydrogens (tertiary/aromatic N) is 1. The maximum absolute atomic E-state index is 14.6. The van der Waals surface area contributed by atoms with Gasteiger partial charge in [0, 0.05) is 18.6 Å². The van der Waals surface area contributed by atoms with Crippen LogP contribution in [0.4, 0.5) is 10.1 Å². The number of rotatable bonds is 13. The molecule has 8 heteroatoms. The number of halogens is 1. The van der Waals surface area contributed by atoms with Crippen molar-refractivity contribution in [2.75, 3.05) is 25.2 Å². The van der Waals surface area contributed by atoms with Gasteiger partial charge in [0.05, 0.1) is 25.9 Å². The van der Waals surface area contributed by atoms with Crippen molar-refractivity contribution in [3.8, 4) is 23.0 Å². The van der Waals surface area contributed by atoms with E-state index in [0.29, 0.717) is 40.9 Å². The minimum atomic E-state index is -2.75. The summed E-state index contributed by atoms with van der Waals surface area (Å²) in [5, 5.41) is 2.21. The SMILES string of the molecule is COc1ccc(OCCO[Si](c2ccccc2)(c2ccccc2)C(C)(C)C)c(CN(C(C)=O)c2cc(F)ccc2Oc2ccccc2)c1. The summed E-state index contributed by atoms with van der Waals surface area (Å²) in [5.74, 6) is 1.31. The quantitative estimate of drug-likeness (QED) is 0.0941. The van der Waals surface area contributed by atoms with Crippen molar-refractivity contribution in [3.05, 3.63) is 139 Å². The zero-order valence-electron chi connectivity index (χ0n) is 28.1. The monoisotopic (exact) mass is 663 g/mol. The van der Waals surface area contributed by atoms with E-state index in [1.165, 1.54) is 40.4 Å². The molecular formula is C40H42FNO5Si. The molecule has 1 amide bonds. The van der Waals surface area contributed by atoms with Gasteiger partial charge < -0.3 is 23.5 Å². The van der Waals surface area contributed by atoms with E-state index >= 15 is 0 Å². The van der Waals surface area contributed by atoms with E-state index in [2.05, 4.69) is 69.3 Å². The van der Waals surface area contributed by atoms with Crippen LogP contribution in [0.25, 0.3) is 0 Å². The Morgan fingerprint density at radius 3 is 1.88 bits per heavy atom. The Balaban J connectivity index is 1.41. The molecule has 5 aromatic rings. The molecule has 5 aromatic carbocycles. The van der Waals surface area contributed by atoms with Crippen molar-refractivity contribution in [1.29, 1.82) is 0 Å². The van der Waals surface area contributed by atoms with Gasteiger partial charge in [-0.25, -0.2) is 4.39 Å². The summed E-state index contributed by atoms with van der Waals surface area (Å²) in [6.07, 6.45) is 0. The molecule has 0 N–H and O–H groups in total. The highest BCUT2D eigenvalue weighted by Gasteiger charge is 2.50. The summed E-state index contributed by atoms with van der Waals surface area (Å²) < 4.78 is 39.6. The van der Waals surface area contributed by atoms with Crippen molar-refractivity contribution in [2.45, 2.75) is 39.3 Å². The number of hydrogen-bond donors (Lipinski definition) is 0. The molecule has 48 heavy (non-hydrogen) atoms. The average molecular weight is 664 g/mol. The fourth-order valence-corrected chi connectivity index (χ4v) is 10.5. The molecule has 0 aliphatic heterocycles. The van der Waals surface area contributed by atoms with E-state index in [0.717, 1.165) is 0 Å². The summed E-state index contributed by atoms with van der Waals surface area (Å²) in [6, 6.07) is 39.7. The van der Waals surface area contributed by atoms with Gasteiger partial charge in [0.25, 0.3) is 8.32 Å². The van der Waals surface area contributed by atoms with Gasteiger partial charge >= 0.3 is 0 Å². The van der Waals surface area contributed by atoms with Crippen molar-refractivity contribution < 1.29 is 27.8 Å². The van der Waals surface area contributed by atoms with Crippen LogP contribution in [0.15, 0.2) is 127 Å². The molecule has 5 rings (SSSR count). The lowest BCUT2D eigenvalue weighted by atomic mass is 10.1. The summed E-state index contributed by atoms with van der Waals surface area (Å²) in [7, 11) is -1.17. The van der Waals surface area contributed by atoms with E-state index in [1.54, 1.807) is 19.2 Å². The molecule has 0 saturated heterocycles. The number of carbonyl (C=O) groups excluding carboxylic acids is 1. The van der Waals surface area contributed by atoms with Crippen LogP contribution >= 0.6 is 0 Å². The molecule has 0 saturated carbocycles. The van der Waals surface area contributed by atoms with Gasteiger partial charge in [0.2, 0.25) is 5.91 Å². The third-order valence-electron chi connectivity index (χ3n) is 8.24. The van der Waals surface area contributed by atoms with Gasteiger partial charge in [0.15, 0.2) is 5.75 Å². The number of benzene rings is 5. The molecule has 0 atom stereocenters. The molecule has 0 aliphatic carbocycles. The maximum Gasteiger partial charge on any atom is 0.261 e. The normalized spacial score (nSPS) is 11.5. The van der Waals surface area contributed by atoms with Crippen LogP contribution < -0.4 is 29.5 Å². The zero-order valence-corrected chi connectivity index (χ0v) is 29.1. The first kappa shape index (κ1) is 34.4. The summed E-state index contributed by atoms with van der Waals surface area (Å²) in [5.41, 5.74) is 0.986. The second-order valence-corrected chi connectivity index (χ2v) is 16.8. The second kappa shape index (κ2) is 15.3. The minimum absolute atomic E-state index is 0.0893. The van der Waals surface area contributed by atoms with Crippen molar-refractivity contribution in [1.82, 2.24) is 0 Å². The first-order chi connectivity index (χ1) is 23.1. The Morgan fingerprint density at radius 2 is 1.31 bits per heavy atom. The Hall–Kier alpha value is -4.92. The maximum atomic E-state index is 14.6. The van der Waals surface area contributed by atoms with Gasteiger partial charge in [-0.15, -0.1) is 0 Å². The highest BCUT2D eigenvalue weighted by atomic mass is 28.4. The molecule has 0 radical (unpaired) electrons. The first-order valence-corrected chi connectivity index (χ1v) is 17.9. The Bertz CT molecular complexity index is 1760. The number of methoxy groups -OCH3 is 1. The fourth-order valence-electron chi connectivity index (χ4n) is 5.99. The number of para-hydroxylation sites is 1. The zero-order chi connectivity index (χ0) is 34.1. The number of hydrogen-bond acceptors (Lipinski definition) is 5. The van der Waals surface area contributed by atoms with Gasteiger partial charge in [-0.05, 0) is 57.9 Å². The van der Waals surface area contributed by atoms with E-state index in [1.807, 2.05) is 48.5 Å². The second-order valence-electron chi connectivity index (χ2n) is 12.5. The number of carbonyl (C=O) groups is 1. The molecule has 0 aromatic heterocycles. The Kier molecular flexibility index (Phi) is 11.0. The molecule has 248 valence electrons. The summed E-state index contributed by atoms with van der Waals surface area (Å²) in [6.45, 7) is 8.85. The van der Waals surface area contributed by atoms with Gasteiger partial charge in [-0.3, -0.25) is 4.79 Å². The van der Waals surface area contributed by atoms with Crippen LogP contribution in [0, 0.1) is 5.82 Å². The van der Waals surface area contributed by atoms with Crippen molar-refractivity contribution in [3.63, 3.8) is 0 Å². The summed E-state index contributed by atoms with van der Waals surface area (Å²) >= 11 is 0. The average Bonchev–Trinajstić information content (AvgIpc) is 3.09. The van der Waals surface area contributed by atoms with Crippen LogP contribution in [0.1, 0.15) is 33.3 Å². The lowest BCUT2D eigenvalue weighted by Crippen LogP contribution is -2.66. The fraction of sp³-hybridized carbons (Fsp3) is 0.225. The van der Waals surface area contributed by atoms with Crippen LogP contribution in [-0.2, 0) is 15.8 Å². The first-order valence-electron chi connectivity index (χ1n) is 16.0. The molecular weight excluding hydrogens is 622 g/mol. The molecule has 6 nitrogen and oxygen atoms in total. The molecule has 0 heterocycles. The largest absolute Gasteiger partial charge is 0.497 e. The van der Waals surface area contributed by atoms with Gasteiger partial charge in [-0.1, -0.05) is 99.6 Å². The van der Waals surface area contributed by atoms with Gasteiger partial charge in [-0.2, -0.15) is 0 Å². The molecule has 0 bridgehead atoms.